The maximum absolute atomic E-state index is 12.8. The highest BCUT2D eigenvalue weighted by atomic mass is 16.5. The second-order valence-electron chi connectivity index (χ2n) is 8.20. The van der Waals surface area contributed by atoms with Gasteiger partial charge in [-0.15, -0.1) is 0 Å². The van der Waals surface area contributed by atoms with E-state index in [1.165, 1.54) is 12.7 Å². The molecule has 0 aliphatic heterocycles. The number of esters is 1. The summed E-state index contributed by atoms with van der Waals surface area (Å²) in [5, 5.41) is 3.55. The van der Waals surface area contributed by atoms with Crippen LogP contribution in [0.4, 0.5) is 5.82 Å². The molecule has 174 valence electrons. The minimum atomic E-state index is -0.479. The van der Waals surface area contributed by atoms with E-state index >= 15 is 0 Å². The van der Waals surface area contributed by atoms with Gasteiger partial charge in [-0.2, -0.15) is 0 Å². The van der Waals surface area contributed by atoms with Crippen molar-refractivity contribution in [2.45, 2.75) is 13.5 Å². The summed E-state index contributed by atoms with van der Waals surface area (Å²) in [5.41, 5.74) is 5.12. The van der Waals surface area contributed by atoms with E-state index in [1.807, 2.05) is 66.1 Å². The Labute approximate surface area is 203 Å². The second-order valence-corrected chi connectivity index (χ2v) is 8.20. The van der Waals surface area contributed by atoms with Crippen LogP contribution in [0.1, 0.15) is 21.5 Å². The Bertz CT molecular complexity index is 1490. The van der Waals surface area contributed by atoms with Crippen LogP contribution < -0.4 is 14.8 Å². The van der Waals surface area contributed by atoms with E-state index in [9.17, 15) is 4.79 Å². The van der Waals surface area contributed by atoms with Crippen molar-refractivity contribution in [2.75, 3.05) is 12.4 Å². The molecule has 0 aliphatic carbocycles. The predicted molar refractivity (Wildman–Crippen MR) is 137 cm³/mol. The van der Waals surface area contributed by atoms with Crippen molar-refractivity contribution >= 4 is 17.4 Å². The number of hydrogen-bond acceptors (Lipinski definition) is 5. The normalized spacial score (nSPS) is 10.8. The van der Waals surface area contributed by atoms with E-state index in [0.29, 0.717) is 23.6 Å². The first kappa shape index (κ1) is 22.2. The predicted octanol–water partition coefficient (Wildman–Crippen LogP) is 6.15. The van der Waals surface area contributed by atoms with Crippen molar-refractivity contribution < 1.29 is 14.3 Å². The number of imidazole rings is 1. The van der Waals surface area contributed by atoms with Gasteiger partial charge in [0.1, 0.15) is 34.2 Å². The second kappa shape index (κ2) is 9.73. The molecule has 0 radical (unpaired) electrons. The lowest BCUT2D eigenvalue weighted by Crippen LogP contribution is -2.10. The molecule has 0 atom stereocenters. The van der Waals surface area contributed by atoms with Crippen LogP contribution in [-0.2, 0) is 6.54 Å². The molecular weight excluding hydrogens is 438 g/mol. The Hall–Kier alpha value is -4.58. The lowest BCUT2D eigenvalue weighted by atomic mass is 10.1. The number of nitrogens with zero attached hydrogens (tertiary/aromatic N) is 2. The molecule has 0 saturated heterocycles. The van der Waals surface area contributed by atoms with Crippen LogP contribution in [0.2, 0.25) is 0 Å². The average molecular weight is 464 g/mol. The Morgan fingerprint density at radius 2 is 1.74 bits per heavy atom. The highest BCUT2D eigenvalue weighted by Crippen LogP contribution is 2.32. The molecule has 2 heterocycles. The highest BCUT2D eigenvalue weighted by molar-refractivity contribution is 5.94. The molecule has 35 heavy (non-hydrogen) atoms. The van der Waals surface area contributed by atoms with Crippen molar-refractivity contribution in [3.8, 4) is 22.8 Å². The van der Waals surface area contributed by atoms with Gasteiger partial charge in [0.05, 0.1) is 7.11 Å². The summed E-state index contributed by atoms with van der Waals surface area (Å²) in [6, 6.07) is 28.7. The number of aromatic nitrogens is 2. The quantitative estimate of drug-likeness (QED) is 0.232. The summed E-state index contributed by atoms with van der Waals surface area (Å²) in [6.45, 7) is 2.70. The van der Waals surface area contributed by atoms with Crippen molar-refractivity contribution in [1.29, 1.82) is 0 Å². The van der Waals surface area contributed by atoms with Crippen LogP contribution in [0.25, 0.3) is 16.9 Å². The molecule has 0 fully saturated rings. The fraction of sp³-hybridized carbons (Fsp3) is 0.103. The molecule has 0 saturated carbocycles. The number of carbonyl (C=O) groups excluding carboxylic acids is 1. The van der Waals surface area contributed by atoms with E-state index in [2.05, 4.69) is 23.5 Å². The van der Waals surface area contributed by atoms with E-state index in [4.69, 9.17) is 14.5 Å². The maximum atomic E-state index is 12.8. The first-order valence-electron chi connectivity index (χ1n) is 11.3. The van der Waals surface area contributed by atoms with Gasteiger partial charge in [0, 0.05) is 18.3 Å². The molecule has 0 spiro atoms. The lowest BCUT2D eigenvalue weighted by Gasteiger charge is -2.11. The monoisotopic (exact) mass is 463 g/mol. The molecule has 6 nitrogen and oxygen atoms in total. The van der Waals surface area contributed by atoms with E-state index in [0.717, 1.165) is 28.3 Å². The standard InChI is InChI=1S/C29H25N3O3/c1-20-15-16-32-26(17-20)31-27(28(32)30-19-21-9-4-3-5-10-21)22-11-8-12-23(18-22)35-29(33)24-13-6-7-14-25(24)34-2/h3-18,30H,19H2,1-2H3. The number of aryl methyl sites for hydroxylation is 1. The Morgan fingerprint density at radius 3 is 2.57 bits per heavy atom. The minimum absolute atomic E-state index is 0.369. The Balaban J connectivity index is 1.49. The average Bonchev–Trinajstić information content (AvgIpc) is 3.25. The van der Waals surface area contributed by atoms with Gasteiger partial charge in [-0.1, -0.05) is 54.6 Å². The molecule has 0 unspecified atom stereocenters. The number of nitrogens with one attached hydrogen (secondary N) is 1. The van der Waals surface area contributed by atoms with Gasteiger partial charge in [-0.05, 0) is 54.4 Å². The molecule has 0 bridgehead atoms. The number of para-hydroxylation sites is 1. The molecule has 6 heteroatoms. The summed E-state index contributed by atoms with van der Waals surface area (Å²) in [6.07, 6.45) is 2.01. The number of pyridine rings is 1. The third-order valence-electron chi connectivity index (χ3n) is 5.73. The lowest BCUT2D eigenvalue weighted by molar-refractivity contribution is 0.0731. The van der Waals surface area contributed by atoms with Gasteiger partial charge in [0.2, 0.25) is 0 Å². The molecule has 5 rings (SSSR count). The van der Waals surface area contributed by atoms with Gasteiger partial charge >= 0.3 is 5.97 Å². The van der Waals surface area contributed by atoms with Crippen LogP contribution in [0.15, 0.2) is 97.2 Å². The summed E-state index contributed by atoms with van der Waals surface area (Å²) in [5.74, 6) is 1.29. The number of rotatable bonds is 7. The zero-order valence-electron chi connectivity index (χ0n) is 19.6. The topological polar surface area (TPSA) is 64.9 Å². The smallest absolute Gasteiger partial charge is 0.347 e. The fourth-order valence-electron chi connectivity index (χ4n) is 3.98. The van der Waals surface area contributed by atoms with E-state index in [-0.39, 0.29) is 0 Å². The van der Waals surface area contributed by atoms with Crippen molar-refractivity contribution in [1.82, 2.24) is 9.38 Å². The van der Waals surface area contributed by atoms with Crippen LogP contribution in [0.5, 0.6) is 11.5 Å². The number of anilines is 1. The van der Waals surface area contributed by atoms with Crippen LogP contribution >= 0.6 is 0 Å². The van der Waals surface area contributed by atoms with Gasteiger partial charge in [-0.25, -0.2) is 9.78 Å². The van der Waals surface area contributed by atoms with Crippen LogP contribution in [-0.4, -0.2) is 22.5 Å². The molecule has 2 aromatic heterocycles. The number of methoxy groups -OCH3 is 1. The summed E-state index contributed by atoms with van der Waals surface area (Å²) in [7, 11) is 1.53. The van der Waals surface area contributed by atoms with Crippen molar-refractivity contribution in [3.05, 3.63) is 114 Å². The third-order valence-corrected chi connectivity index (χ3v) is 5.73. The number of ether oxygens (including phenoxy) is 2. The van der Waals surface area contributed by atoms with Crippen LogP contribution in [0, 0.1) is 6.92 Å². The van der Waals surface area contributed by atoms with Crippen molar-refractivity contribution in [3.63, 3.8) is 0 Å². The van der Waals surface area contributed by atoms with Gasteiger partial charge < -0.3 is 14.8 Å². The first-order valence-corrected chi connectivity index (χ1v) is 11.3. The van der Waals surface area contributed by atoms with E-state index in [1.54, 1.807) is 24.3 Å². The minimum Gasteiger partial charge on any atom is -0.496 e. The number of fused-ring (bicyclic) bond motifs is 1. The highest BCUT2D eigenvalue weighted by Gasteiger charge is 2.17. The number of hydrogen-bond donors (Lipinski definition) is 1. The zero-order valence-corrected chi connectivity index (χ0v) is 19.6. The zero-order chi connectivity index (χ0) is 24.2. The van der Waals surface area contributed by atoms with Gasteiger partial charge in [0.15, 0.2) is 0 Å². The Kier molecular flexibility index (Phi) is 6.18. The molecule has 0 aliphatic rings. The molecule has 5 aromatic rings. The van der Waals surface area contributed by atoms with E-state index < -0.39 is 5.97 Å². The van der Waals surface area contributed by atoms with Crippen molar-refractivity contribution in [2.24, 2.45) is 0 Å². The summed E-state index contributed by atoms with van der Waals surface area (Å²) in [4.78, 5) is 17.7. The molecule has 0 amide bonds. The summed E-state index contributed by atoms with van der Waals surface area (Å²) < 4.78 is 13.0. The fourth-order valence-corrected chi connectivity index (χ4v) is 3.98. The SMILES string of the molecule is COc1ccccc1C(=O)Oc1cccc(-c2nc3cc(C)ccn3c2NCc2ccccc2)c1. The third kappa shape index (κ3) is 4.73. The molecule has 3 aromatic carbocycles. The van der Waals surface area contributed by atoms with Crippen LogP contribution in [0.3, 0.4) is 0 Å². The number of carbonyl (C=O) groups is 1. The molecular formula is C29H25N3O3. The Morgan fingerprint density at radius 1 is 0.943 bits per heavy atom. The molecule has 1 N–H and O–H groups in total. The summed E-state index contributed by atoms with van der Waals surface area (Å²) >= 11 is 0. The number of benzene rings is 3. The largest absolute Gasteiger partial charge is 0.496 e. The first-order chi connectivity index (χ1) is 17.1. The van der Waals surface area contributed by atoms with Gasteiger partial charge in [0.25, 0.3) is 0 Å². The van der Waals surface area contributed by atoms with Gasteiger partial charge in [-0.3, -0.25) is 4.40 Å². The maximum Gasteiger partial charge on any atom is 0.347 e.